The standard InChI is InChI=1S/C21H24N2O2S2/c1-4-15-5-7-16(8-6-15)13-20(24)22-21-23(11-12-26-3)18-10-9-17(25-2)14-19(18)27-21/h5-10,14H,4,11-13H2,1-3H3. The Morgan fingerprint density at radius 3 is 2.59 bits per heavy atom. The third-order valence-corrected chi connectivity index (χ3v) is 6.05. The second kappa shape index (κ2) is 9.24. The number of carbonyl (C=O) groups excluding carboxylic acids is 1. The van der Waals surface area contributed by atoms with Crippen molar-refractivity contribution in [2.24, 2.45) is 4.99 Å². The highest BCUT2D eigenvalue weighted by molar-refractivity contribution is 7.98. The highest BCUT2D eigenvalue weighted by Crippen LogP contribution is 2.23. The molecule has 0 atom stereocenters. The molecule has 3 aromatic rings. The van der Waals surface area contributed by atoms with E-state index in [9.17, 15) is 4.79 Å². The van der Waals surface area contributed by atoms with Gasteiger partial charge in [-0.15, -0.1) is 0 Å². The maximum Gasteiger partial charge on any atom is 0.252 e. The van der Waals surface area contributed by atoms with Gasteiger partial charge in [0.2, 0.25) is 0 Å². The zero-order valence-electron chi connectivity index (χ0n) is 15.9. The molecule has 1 amide bonds. The molecule has 0 N–H and O–H groups in total. The summed E-state index contributed by atoms with van der Waals surface area (Å²) in [7, 11) is 1.66. The molecule has 0 fully saturated rings. The molecule has 0 bridgehead atoms. The van der Waals surface area contributed by atoms with Crippen molar-refractivity contribution in [2.45, 2.75) is 26.3 Å². The lowest BCUT2D eigenvalue weighted by molar-refractivity contribution is -0.117. The number of nitrogens with zero attached hydrogens (tertiary/aromatic N) is 2. The molecule has 1 aromatic heterocycles. The smallest absolute Gasteiger partial charge is 0.252 e. The summed E-state index contributed by atoms with van der Waals surface area (Å²) in [6.45, 7) is 2.95. The Labute approximate surface area is 167 Å². The number of carbonyl (C=O) groups is 1. The van der Waals surface area contributed by atoms with Crippen LogP contribution in [0.2, 0.25) is 0 Å². The lowest BCUT2D eigenvalue weighted by Crippen LogP contribution is -2.18. The molecule has 0 aliphatic rings. The van der Waals surface area contributed by atoms with Crippen molar-refractivity contribution in [1.29, 1.82) is 0 Å². The van der Waals surface area contributed by atoms with Crippen LogP contribution in [0.3, 0.4) is 0 Å². The average molecular weight is 401 g/mol. The predicted octanol–water partition coefficient (Wildman–Crippen LogP) is 4.31. The number of ether oxygens (including phenoxy) is 1. The first-order valence-electron chi connectivity index (χ1n) is 8.96. The second-order valence-electron chi connectivity index (χ2n) is 6.22. The van der Waals surface area contributed by atoms with Crippen molar-refractivity contribution in [3.8, 4) is 5.75 Å². The number of thioether (sulfide) groups is 1. The van der Waals surface area contributed by atoms with Crippen molar-refractivity contribution < 1.29 is 9.53 Å². The van der Waals surface area contributed by atoms with E-state index >= 15 is 0 Å². The van der Waals surface area contributed by atoms with E-state index in [1.165, 1.54) is 16.9 Å². The van der Waals surface area contributed by atoms with E-state index in [4.69, 9.17) is 4.74 Å². The molecular formula is C21H24N2O2S2. The molecule has 6 heteroatoms. The molecule has 2 aromatic carbocycles. The third kappa shape index (κ3) is 4.82. The van der Waals surface area contributed by atoms with Crippen molar-refractivity contribution in [1.82, 2.24) is 4.57 Å². The van der Waals surface area contributed by atoms with E-state index in [0.29, 0.717) is 6.42 Å². The van der Waals surface area contributed by atoms with Crippen LogP contribution < -0.4 is 9.54 Å². The van der Waals surface area contributed by atoms with Crippen molar-refractivity contribution >= 4 is 39.2 Å². The highest BCUT2D eigenvalue weighted by Gasteiger charge is 2.09. The largest absolute Gasteiger partial charge is 0.497 e. The summed E-state index contributed by atoms with van der Waals surface area (Å²) in [4.78, 5) is 17.7. The summed E-state index contributed by atoms with van der Waals surface area (Å²) in [5.74, 6) is 1.67. The maximum absolute atomic E-state index is 12.6. The van der Waals surface area contributed by atoms with Crippen LogP contribution in [0.4, 0.5) is 0 Å². The third-order valence-electron chi connectivity index (χ3n) is 4.42. The SMILES string of the molecule is CCc1ccc(CC(=O)N=c2sc3cc(OC)ccc3n2CCSC)cc1. The Morgan fingerprint density at radius 2 is 1.93 bits per heavy atom. The number of hydrogen-bond donors (Lipinski definition) is 0. The Morgan fingerprint density at radius 1 is 1.19 bits per heavy atom. The summed E-state index contributed by atoms with van der Waals surface area (Å²) in [5.41, 5.74) is 3.37. The van der Waals surface area contributed by atoms with Gasteiger partial charge in [-0.2, -0.15) is 16.8 Å². The van der Waals surface area contributed by atoms with Gasteiger partial charge < -0.3 is 9.30 Å². The van der Waals surface area contributed by atoms with Crippen molar-refractivity contribution in [3.05, 3.63) is 58.4 Å². The van der Waals surface area contributed by atoms with Crippen LogP contribution in [0.1, 0.15) is 18.1 Å². The Hall–Kier alpha value is -2.05. The fourth-order valence-electron chi connectivity index (χ4n) is 2.88. The van der Waals surface area contributed by atoms with Gasteiger partial charge in [-0.3, -0.25) is 4.79 Å². The van der Waals surface area contributed by atoms with Gasteiger partial charge in [0.25, 0.3) is 5.91 Å². The van der Waals surface area contributed by atoms with Gasteiger partial charge in [0.15, 0.2) is 4.80 Å². The zero-order chi connectivity index (χ0) is 19.2. The van der Waals surface area contributed by atoms with Gasteiger partial charge in [0.05, 0.1) is 23.7 Å². The molecular weight excluding hydrogens is 376 g/mol. The first-order chi connectivity index (χ1) is 13.1. The fraction of sp³-hybridized carbons (Fsp3) is 0.333. The number of rotatable bonds is 7. The van der Waals surface area contributed by atoms with Gasteiger partial charge in [0, 0.05) is 12.3 Å². The fourth-order valence-corrected chi connectivity index (χ4v) is 4.35. The van der Waals surface area contributed by atoms with Gasteiger partial charge in [-0.25, -0.2) is 0 Å². The number of fused-ring (bicyclic) bond motifs is 1. The number of hydrogen-bond acceptors (Lipinski definition) is 4. The van der Waals surface area contributed by atoms with Gasteiger partial charge >= 0.3 is 0 Å². The topological polar surface area (TPSA) is 43.6 Å². The van der Waals surface area contributed by atoms with Crippen LogP contribution in [0.25, 0.3) is 10.2 Å². The minimum atomic E-state index is -0.115. The van der Waals surface area contributed by atoms with Crippen molar-refractivity contribution in [3.63, 3.8) is 0 Å². The predicted molar refractivity (Wildman–Crippen MR) is 115 cm³/mol. The number of benzene rings is 2. The van der Waals surface area contributed by atoms with Crippen LogP contribution in [0.5, 0.6) is 5.75 Å². The van der Waals surface area contributed by atoms with Crippen LogP contribution in [0, 0.1) is 0 Å². The summed E-state index contributed by atoms with van der Waals surface area (Å²) in [5, 5.41) is 0. The molecule has 0 saturated heterocycles. The first kappa shape index (κ1) is 19.7. The molecule has 0 unspecified atom stereocenters. The lowest BCUT2D eigenvalue weighted by Gasteiger charge is -2.05. The highest BCUT2D eigenvalue weighted by atomic mass is 32.2. The van der Waals surface area contributed by atoms with E-state index < -0.39 is 0 Å². The van der Waals surface area contributed by atoms with Gasteiger partial charge in [-0.05, 0) is 42.0 Å². The molecule has 142 valence electrons. The number of aromatic nitrogens is 1. The minimum absolute atomic E-state index is 0.115. The summed E-state index contributed by atoms with van der Waals surface area (Å²) >= 11 is 3.32. The normalized spacial score (nSPS) is 11.9. The van der Waals surface area contributed by atoms with Crippen LogP contribution in [-0.2, 0) is 24.2 Å². The van der Waals surface area contributed by atoms with Crippen molar-refractivity contribution in [2.75, 3.05) is 19.1 Å². The Bertz CT molecular complexity index is 988. The number of aryl methyl sites for hydroxylation is 2. The average Bonchev–Trinajstić information content (AvgIpc) is 3.02. The van der Waals surface area contributed by atoms with Gasteiger partial charge in [-0.1, -0.05) is 42.5 Å². The Balaban J connectivity index is 1.93. The van der Waals surface area contributed by atoms with E-state index in [1.807, 2.05) is 30.3 Å². The van der Waals surface area contributed by atoms with E-state index in [0.717, 1.165) is 45.0 Å². The van der Waals surface area contributed by atoms with Crippen LogP contribution in [0.15, 0.2) is 47.5 Å². The maximum atomic E-state index is 12.6. The molecule has 0 aliphatic heterocycles. The van der Waals surface area contributed by atoms with E-state index in [-0.39, 0.29) is 5.91 Å². The minimum Gasteiger partial charge on any atom is -0.497 e. The van der Waals surface area contributed by atoms with Gasteiger partial charge in [0.1, 0.15) is 5.75 Å². The molecule has 0 aliphatic carbocycles. The summed E-state index contributed by atoms with van der Waals surface area (Å²) in [6, 6.07) is 14.2. The molecule has 0 radical (unpaired) electrons. The first-order valence-corrected chi connectivity index (χ1v) is 11.2. The molecule has 4 nitrogen and oxygen atoms in total. The van der Waals surface area contributed by atoms with Crippen LogP contribution >= 0.6 is 23.1 Å². The molecule has 0 saturated carbocycles. The van der Waals surface area contributed by atoms with E-state index in [2.05, 4.69) is 34.9 Å². The summed E-state index contributed by atoms with van der Waals surface area (Å²) in [6.07, 6.45) is 3.41. The number of thiazole rings is 1. The lowest BCUT2D eigenvalue weighted by atomic mass is 10.1. The quantitative estimate of drug-likeness (QED) is 0.594. The number of amides is 1. The molecule has 0 spiro atoms. The van der Waals surface area contributed by atoms with Crippen LogP contribution in [-0.4, -0.2) is 29.6 Å². The zero-order valence-corrected chi connectivity index (χ0v) is 17.5. The molecule has 3 rings (SSSR count). The Kier molecular flexibility index (Phi) is 6.74. The second-order valence-corrected chi connectivity index (χ2v) is 8.21. The monoisotopic (exact) mass is 400 g/mol. The summed E-state index contributed by atoms with van der Waals surface area (Å²) < 4.78 is 8.54. The van der Waals surface area contributed by atoms with E-state index in [1.54, 1.807) is 18.9 Å². The molecule has 1 heterocycles. The number of methoxy groups -OCH3 is 1. The molecule has 27 heavy (non-hydrogen) atoms.